The Balaban J connectivity index is 1.62. The van der Waals surface area contributed by atoms with Crippen LogP contribution in [0.1, 0.15) is 56.6 Å². The summed E-state index contributed by atoms with van der Waals surface area (Å²) in [5.41, 5.74) is 2.75. The Bertz CT molecular complexity index is 1370. The van der Waals surface area contributed by atoms with Gasteiger partial charge in [-0.15, -0.1) is 0 Å². The average molecular weight is 470 g/mol. The molecule has 5 rings (SSSR count). The number of aromatic nitrogens is 2. The number of carbonyl (C=O) groups is 2. The van der Waals surface area contributed by atoms with Crippen molar-refractivity contribution in [2.24, 2.45) is 0 Å². The molecule has 35 heavy (non-hydrogen) atoms. The van der Waals surface area contributed by atoms with Crippen LogP contribution in [0.2, 0.25) is 0 Å². The van der Waals surface area contributed by atoms with E-state index in [1.807, 2.05) is 41.1 Å². The molecule has 4 aromatic rings. The lowest BCUT2D eigenvalue weighted by atomic mass is 9.79. The highest BCUT2D eigenvalue weighted by atomic mass is 19.1. The molecule has 0 saturated carbocycles. The van der Waals surface area contributed by atoms with Gasteiger partial charge in [0.25, 0.3) is 0 Å². The van der Waals surface area contributed by atoms with Gasteiger partial charge < -0.3 is 14.6 Å². The van der Waals surface area contributed by atoms with E-state index in [4.69, 9.17) is 4.74 Å². The van der Waals surface area contributed by atoms with Crippen molar-refractivity contribution in [3.05, 3.63) is 119 Å². The maximum atomic E-state index is 14.0. The molecule has 2 heterocycles. The van der Waals surface area contributed by atoms with Crippen LogP contribution in [0.3, 0.4) is 0 Å². The van der Waals surface area contributed by atoms with Crippen molar-refractivity contribution in [1.29, 1.82) is 0 Å². The average Bonchev–Trinajstić information content (AvgIpc) is 3.33. The summed E-state index contributed by atoms with van der Waals surface area (Å²) in [6, 6.07) is 20.4. The van der Waals surface area contributed by atoms with Crippen molar-refractivity contribution in [1.82, 2.24) is 9.55 Å². The monoisotopic (exact) mass is 469 g/mol. The molecule has 0 aliphatic carbocycles. The molecular formula is C28H24FN3O3. The van der Waals surface area contributed by atoms with Gasteiger partial charge in [-0.25, -0.2) is 14.2 Å². The number of anilines is 1. The second-order valence-electron chi connectivity index (χ2n) is 8.36. The number of carbonyl (C=O) groups excluding carboxylic acids is 2. The minimum absolute atomic E-state index is 0.199. The van der Waals surface area contributed by atoms with Gasteiger partial charge in [0, 0.05) is 24.6 Å². The maximum Gasteiger partial charge on any atom is 0.338 e. The van der Waals surface area contributed by atoms with E-state index < -0.39 is 17.9 Å². The fraction of sp³-hybridized carbons (Fsp3) is 0.179. The van der Waals surface area contributed by atoms with Crippen LogP contribution in [-0.4, -0.2) is 27.9 Å². The van der Waals surface area contributed by atoms with Crippen LogP contribution in [0.15, 0.2) is 85.2 Å². The zero-order valence-electron chi connectivity index (χ0n) is 19.1. The van der Waals surface area contributed by atoms with Gasteiger partial charge in [-0.3, -0.25) is 4.79 Å². The molecule has 2 unspecified atom stereocenters. The molecule has 2 atom stereocenters. The van der Waals surface area contributed by atoms with E-state index in [1.54, 1.807) is 43.5 Å². The highest BCUT2D eigenvalue weighted by Gasteiger charge is 2.41. The number of benzene rings is 3. The summed E-state index contributed by atoms with van der Waals surface area (Å²) in [5, 5.41) is 3.45. The third-order valence-electron chi connectivity index (χ3n) is 6.18. The van der Waals surface area contributed by atoms with Crippen molar-refractivity contribution in [3.8, 4) is 0 Å². The highest BCUT2D eigenvalue weighted by Crippen LogP contribution is 2.43. The molecule has 1 aromatic heterocycles. The smallest absolute Gasteiger partial charge is 0.338 e. The second kappa shape index (κ2) is 9.54. The second-order valence-corrected chi connectivity index (χ2v) is 8.36. The summed E-state index contributed by atoms with van der Waals surface area (Å²) in [7, 11) is 0. The van der Waals surface area contributed by atoms with Gasteiger partial charge in [0.2, 0.25) is 0 Å². The number of hydrogen-bond donors (Lipinski definition) is 1. The maximum absolute atomic E-state index is 14.0. The third kappa shape index (κ3) is 4.33. The fourth-order valence-electron chi connectivity index (χ4n) is 4.62. The summed E-state index contributed by atoms with van der Waals surface area (Å²) in [6.07, 6.45) is 3.58. The molecule has 0 radical (unpaired) electrons. The first-order chi connectivity index (χ1) is 17.1. The molecule has 0 fully saturated rings. The van der Waals surface area contributed by atoms with Gasteiger partial charge in [-0.1, -0.05) is 48.5 Å². The predicted octanol–water partition coefficient (Wildman–Crippen LogP) is 5.38. The number of imidazole rings is 1. The van der Waals surface area contributed by atoms with Crippen molar-refractivity contribution in [2.75, 3.05) is 11.9 Å². The van der Waals surface area contributed by atoms with Crippen LogP contribution >= 0.6 is 0 Å². The lowest BCUT2D eigenvalue weighted by Crippen LogP contribution is -2.35. The first-order valence-corrected chi connectivity index (χ1v) is 11.5. The molecule has 0 bridgehead atoms. The number of nitrogens with one attached hydrogen (secondary N) is 1. The SMILES string of the molecule is CCOC(=O)c1cccc2c1C(=O)C(c1ccc(F)cc1)C(c1nccn1Cc1ccccc1)N2. The van der Waals surface area contributed by atoms with Crippen LogP contribution in [0.5, 0.6) is 0 Å². The van der Waals surface area contributed by atoms with E-state index in [-0.39, 0.29) is 29.3 Å². The molecule has 0 amide bonds. The minimum atomic E-state index is -0.726. The number of rotatable bonds is 6. The Morgan fingerprint density at radius 2 is 1.83 bits per heavy atom. The van der Waals surface area contributed by atoms with E-state index >= 15 is 0 Å². The van der Waals surface area contributed by atoms with Crippen molar-refractivity contribution < 1.29 is 18.7 Å². The molecular weight excluding hydrogens is 445 g/mol. The van der Waals surface area contributed by atoms with Crippen molar-refractivity contribution in [2.45, 2.75) is 25.4 Å². The van der Waals surface area contributed by atoms with Gasteiger partial charge in [0.15, 0.2) is 5.78 Å². The van der Waals surface area contributed by atoms with Gasteiger partial charge in [-0.2, -0.15) is 0 Å². The van der Waals surface area contributed by atoms with Gasteiger partial charge in [0.05, 0.1) is 29.7 Å². The topological polar surface area (TPSA) is 73.2 Å². The lowest BCUT2D eigenvalue weighted by Gasteiger charge is -2.34. The largest absolute Gasteiger partial charge is 0.462 e. The van der Waals surface area contributed by atoms with Crippen LogP contribution < -0.4 is 5.32 Å². The number of ether oxygens (including phenoxy) is 1. The number of fused-ring (bicyclic) bond motifs is 1. The summed E-state index contributed by atoms with van der Waals surface area (Å²) >= 11 is 0. The Kier molecular flexibility index (Phi) is 6.14. The Hall–Kier alpha value is -4.26. The molecule has 0 spiro atoms. The lowest BCUT2D eigenvalue weighted by molar-refractivity contribution is 0.0522. The van der Waals surface area contributed by atoms with Crippen LogP contribution in [0.4, 0.5) is 10.1 Å². The standard InChI is InChI=1S/C28H24FN3O3/c1-2-35-28(34)21-9-6-10-22-24(21)26(33)23(19-11-13-20(29)14-12-19)25(31-22)27-30-15-16-32(27)17-18-7-4-3-5-8-18/h3-16,23,25,31H,2,17H2,1H3. The van der Waals surface area contributed by atoms with Crippen LogP contribution in [0, 0.1) is 5.82 Å². The summed E-state index contributed by atoms with van der Waals surface area (Å²) in [4.78, 5) is 31.3. The van der Waals surface area contributed by atoms with Gasteiger partial charge in [-0.05, 0) is 42.3 Å². The molecule has 6 nitrogen and oxygen atoms in total. The first-order valence-electron chi connectivity index (χ1n) is 11.5. The molecule has 7 heteroatoms. The number of nitrogens with zero attached hydrogens (tertiary/aromatic N) is 2. The molecule has 0 saturated heterocycles. The van der Waals surface area contributed by atoms with Gasteiger partial charge >= 0.3 is 5.97 Å². The molecule has 1 N–H and O–H groups in total. The summed E-state index contributed by atoms with van der Waals surface area (Å²) in [6.45, 7) is 2.50. The van der Waals surface area contributed by atoms with Crippen molar-refractivity contribution in [3.63, 3.8) is 0 Å². The van der Waals surface area contributed by atoms with E-state index in [1.165, 1.54) is 12.1 Å². The van der Waals surface area contributed by atoms with E-state index in [0.29, 0.717) is 23.6 Å². The van der Waals surface area contributed by atoms with Crippen LogP contribution in [-0.2, 0) is 11.3 Å². The normalized spacial score (nSPS) is 16.9. The number of halogens is 1. The predicted molar refractivity (Wildman–Crippen MR) is 130 cm³/mol. The number of Topliss-reactive ketones (excluding diaryl/α,β-unsaturated/α-hetero) is 1. The molecule has 1 aliphatic heterocycles. The Morgan fingerprint density at radius 1 is 1.06 bits per heavy atom. The Labute approximate surface area is 202 Å². The summed E-state index contributed by atoms with van der Waals surface area (Å²) in [5.74, 6) is -1.24. The first kappa shape index (κ1) is 22.5. The fourth-order valence-corrected chi connectivity index (χ4v) is 4.62. The number of ketones is 1. The van der Waals surface area contributed by atoms with E-state index in [2.05, 4.69) is 10.3 Å². The zero-order valence-corrected chi connectivity index (χ0v) is 19.1. The molecule has 1 aliphatic rings. The third-order valence-corrected chi connectivity index (χ3v) is 6.18. The molecule has 176 valence electrons. The minimum Gasteiger partial charge on any atom is -0.462 e. The molecule has 3 aromatic carbocycles. The van der Waals surface area contributed by atoms with E-state index in [9.17, 15) is 14.0 Å². The quantitative estimate of drug-likeness (QED) is 0.384. The van der Waals surface area contributed by atoms with Crippen molar-refractivity contribution >= 4 is 17.4 Å². The zero-order chi connectivity index (χ0) is 24.4. The number of esters is 1. The van der Waals surface area contributed by atoms with E-state index in [0.717, 1.165) is 5.56 Å². The van der Waals surface area contributed by atoms with Gasteiger partial charge in [0.1, 0.15) is 11.6 Å². The van der Waals surface area contributed by atoms with Crippen LogP contribution in [0.25, 0.3) is 0 Å². The Morgan fingerprint density at radius 3 is 2.57 bits per heavy atom. The highest BCUT2D eigenvalue weighted by molar-refractivity contribution is 6.14. The number of hydrogen-bond acceptors (Lipinski definition) is 5. The summed E-state index contributed by atoms with van der Waals surface area (Å²) < 4.78 is 20.9.